The third-order valence-corrected chi connectivity index (χ3v) is 6.03. The summed E-state index contributed by atoms with van der Waals surface area (Å²) in [5, 5.41) is 4.59. The Kier molecular flexibility index (Phi) is 7.55. The van der Waals surface area contributed by atoms with Crippen LogP contribution in [-0.2, 0) is 4.84 Å². The summed E-state index contributed by atoms with van der Waals surface area (Å²) in [5.41, 5.74) is 0. The first-order valence-corrected chi connectivity index (χ1v) is 9.68. The van der Waals surface area contributed by atoms with Gasteiger partial charge in [0.05, 0.1) is 4.75 Å². The van der Waals surface area contributed by atoms with Crippen molar-refractivity contribution >= 4 is 85.8 Å². The maximum absolute atomic E-state index is 11.8. The second kappa shape index (κ2) is 8.07. The average Bonchev–Trinajstić information content (AvgIpc) is 2.57. The van der Waals surface area contributed by atoms with Crippen molar-refractivity contribution in [3.63, 3.8) is 0 Å². The average molecular weight is 425 g/mol. The van der Waals surface area contributed by atoms with Crippen molar-refractivity contribution in [1.82, 2.24) is 4.31 Å². The van der Waals surface area contributed by atoms with E-state index in [0.29, 0.717) is 17.0 Å². The maximum Gasteiger partial charge on any atom is 0.445 e. The molecule has 1 amide bonds. The van der Waals surface area contributed by atoms with Crippen LogP contribution in [0.3, 0.4) is 0 Å². The lowest BCUT2D eigenvalue weighted by molar-refractivity contribution is 0.137. The van der Waals surface area contributed by atoms with Gasteiger partial charge in [0.2, 0.25) is 0 Å². The van der Waals surface area contributed by atoms with Crippen molar-refractivity contribution in [1.29, 1.82) is 0 Å². The number of rotatable bonds is 3. The van der Waals surface area contributed by atoms with Gasteiger partial charge >= 0.3 is 6.09 Å². The van der Waals surface area contributed by atoms with Crippen LogP contribution in [0.2, 0.25) is 0 Å². The van der Waals surface area contributed by atoms with Crippen molar-refractivity contribution in [2.45, 2.75) is 41.6 Å². The largest absolute Gasteiger partial charge is 0.445 e. The molecule has 0 aliphatic carbocycles. The number of aliphatic imine (C=N–C) groups is 1. The van der Waals surface area contributed by atoms with E-state index in [2.05, 4.69) is 10.1 Å². The van der Waals surface area contributed by atoms with Gasteiger partial charge in [0, 0.05) is 25.0 Å². The molecule has 0 bridgehead atoms. The lowest BCUT2D eigenvalue weighted by Gasteiger charge is -2.18. The summed E-state index contributed by atoms with van der Waals surface area (Å²) in [7, 11) is 1.43. The highest BCUT2D eigenvalue weighted by atomic mass is 35.6. The van der Waals surface area contributed by atoms with Gasteiger partial charge in [0.25, 0.3) is 3.12 Å². The molecule has 1 heterocycles. The van der Waals surface area contributed by atoms with E-state index in [1.165, 1.54) is 18.8 Å². The molecule has 0 aromatic carbocycles. The quantitative estimate of drug-likeness (QED) is 0.264. The SMILES string of the molecule is CC(C)N=C1S/C(=N/OC(=O)N(C)SC(Cl)(Cl)Cl)C(C)(C)S1. The van der Waals surface area contributed by atoms with Gasteiger partial charge in [0.15, 0.2) is 0 Å². The molecule has 0 aromatic rings. The smallest absolute Gasteiger partial charge is 0.296 e. The number of thioether (sulfide) groups is 2. The molecule has 0 unspecified atom stereocenters. The van der Waals surface area contributed by atoms with Crippen LogP contribution in [0.15, 0.2) is 10.1 Å². The lowest BCUT2D eigenvalue weighted by atomic mass is 10.2. The number of halogens is 3. The molecule has 0 aromatic heterocycles. The number of alkyl halides is 3. The van der Waals surface area contributed by atoms with E-state index in [0.717, 1.165) is 8.68 Å². The molecule has 22 heavy (non-hydrogen) atoms. The van der Waals surface area contributed by atoms with Gasteiger partial charge in [-0.3, -0.25) is 9.83 Å². The van der Waals surface area contributed by atoms with Crippen LogP contribution >= 0.6 is 70.3 Å². The zero-order valence-corrected chi connectivity index (χ0v) is 17.3. The highest BCUT2D eigenvalue weighted by molar-refractivity contribution is 8.50. The molecule has 11 heteroatoms. The van der Waals surface area contributed by atoms with Crippen LogP contribution in [0.4, 0.5) is 4.79 Å². The van der Waals surface area contributed by atoms with E-state index in [4.69, 9.17) is 39.6 Å². The van der Waals surface area contributed by atoms with Crippen molar-refractivity contribution in [3.05, 3.63) is 0 Å². The van der Waals surface area contributed by atoms with Crippen molar-refractivity contribution in [2.75, 3.05) is 7.05 Å². The Balaban J connectivity index is 2.71. The van der Waals surface area contributed by atoms with Crippen molar-refractivity contribution < 1.29 is 9.63 Å². The van der Waals surface area contributed by atoms with Crippen LogP contribution in [0.25, 0.3) is 0 Å². The molecule has 5 nitrogen and oxygen atoms in total. The van der Waals surface area contributed by atoms with Gasteiger partial charge < -0.3 is 0 Å². The Hall–Kier alpha value is 0.530. The Morgan fingerprint density at radius 3 is 2.50 bits per heavy atom. The van der Waals surface area contributed by atoms with Crippen LogP contribution in [0.1, 0.15) is 27.7 Å². The molecule has 0 atom stereocenters. The van der Waals surface area contributed by atoms with Crippen LogP contribution < -0.4 is 0 Å². The monoisotopic (exact) mass is 423 g/mol. The minimum atomic E-state index is -1.64. The Morgan fingerprint density at radius 1 is 1.41 bits per heavy atom. The highest BCUT2D eigenvalue weighted by Gasteiger charge is 2.38. The summed E-state index contributed by atoms with van der Waals surface area (Å²) in [4.78, 5) is 21.2. The summed E-state index contributed by atoms with van der Waals surface area (Å²) in [6.07, 6.45) is -0.723. The molecule has 0 N–H and O–H groups in total. The van der Waals surface area contributed by atoms with Gasteiger partial charge in [-0.1, -0.05) is 51.7 Å². The number of amides is 1. The standard InChI is InChI=1S/C11H16Cl3N3O2S3/c1-6(2)15-8-20-7(10(3,4)21-8)16-19-9(18)17(5)22-11(12,13)14/h6H,1-5H3/b15-8?,16-7+. The number of hydrogen-bond donors (Lipinski definition) is 0. The third kappa shape index (κ3) is 6.97. The normalized spacial score (nSPS) is 21.7. The summed E-state index contributed by atoms with van der Waals surface area (Å²) < 4.78 is 0.0215. The molecular weight excluding hydrogens is 409 g/mol. The zero-order valence-electron chi connectivity index (χ0n) is 12.6. The fraction of sp³-hybridized carbons (Fsp3) is 0.727. The van der Waals surface area contributed by atoms with Crippen LogP contribution in [0.5, 0.6) is 0 Å². The van der Waals surface area contributed by atoms with E-state index in [1.54, 1.807) is 11.8 Å². The van der Waals surface area contributed by atoms with E-state index >= 15 is 0 Å². The molecule has 126 valence electrons. The van der Waals surface area contributed by atoms with Crippen LogP contribution in [-0.4, -0.2) is 40.8 Å². The second-order valence-electron chi connectivity index (χ2n) is 4.99. The number of carbonyl (C=O) groups excluding carboxylic acids is 1. The first-order valence-electron chi connectivity index (χ1n) is 6.14. The van der Waals surface area contributed by atoms with Crippen LogP contribution in [0, 0.1) is 0 Å². The van der Waals surface area contributed by atoms with E-state index in [9.17, 15) is 4.79 Å². The van der Waals surface area contributed by atoms with Gasteiger partial charge in [0.1, 0.15) is 9.42 Å². The van der Waals surface area contributed by atoms with Crippen molar-refractivity contribution in [3.8, 4) is 0 Å². The van der Waals surface area contributed by atoms with E-state index in [1.807, 2.05) is 27.7 Å². The third-order valence-electron chi connectivity index (χ3n) is 2.11. The Bertz CT molecular complexity index is 493. The Labute approximate surface area is 158 Å². The number of nitrogens with zero attached hydrogens (tertiary/aromatic N) is 3. The van der Waals surface area contributed by atoms with E-state index in [-0.39, 0.29) is 10.8 Å². The predicted molar refractivity (Wildman–Crippen MR) is 101 cm³/mol. The Morgan fingerprint density at radius 2 is 2.00 bits per heavy atom. The molecule has 1 rings (SSSR count). The predicted octanol–water partition coefficient (Wildman–Crippen LogP) is 5.37. The van der Waals surface area contributed by atoms with Gasteiger partial charge in [-0.25, -0.2) is 9.10 Å². The lowest BCUT2D eigenvalue weighted by Crippen LogP contribution is -2.25. The molecule has 0 spiro atoms. The molecular formula is C11H16Cl3N3O2S3. The molecule has 0 radical (unpaired) electrons. The molecule has 1 aliphatic rings. The fourth-order valence-electron chi connectivity index (χ4n) is 1.21. The van der Waals surface area contributed by atoms with Gasteiger partial charge in [-0.05, 0) is 39.5 Å². The first kappa shape index (κ1) is 20.6. The molecule has 1 aliphatic heterocycles. The van der Waals surface area contributed by atoms with Gasteiger partial charge in [-0.2, -0.15) is 0 Å². The highest BCUT2D eigenvalue weighted by Crippen LogP contribution is 2.44. The number of oxime groups is 1. The topological polar surface area (TPSA) is 54.3 Å². The number of carbonyl (C=O) groups is 1. The summed E-state index contributed by atoms with van der Waals surface area (Å²) >= 11 is 20.5. The summed E-state index contributed by atoms with van der Waals surface area (Å²) in [6.45, 7) is 7.97. The van der Waals surface area contributed by atoms with Crippen molar-refractivity contribution in [2.24, 2.45) is 10.1 Å². The fourth-order valence-corrected chi connectivity index (χ4v) is 5.41. The first-order chi connectivity index (χ1) is 9.90. The summed E-state index contributed by atoms with van der Waals surface area (Å²) in [5.74, 6) is 0. The maximum atomic E-state index is 11.8. The number of hydrogen-bond acceptors (Lipinski definition) is 7. The van der Waals surface area contributed by atoms with E-state index < -0.39 is 9.22 Å². The zero-order chi connectivity index (χ0) is 17.1. The minimum Gasteiger partial charge on any atom is -0.296 e. The molecule has 1 fully saturated rings. The minimum absolute atomic E-state index is 0.194. The molecule has 0 saturated carbocycles. The second-order valence-corrected chi connectivity index (χ2v) is 12.1. The van der Waals surface area contributed by atoms with Gasteiger partial charge in [-0.15, -0.1) is 0 Å². The molecule has 1 saturated heterocycles. The summed E-state index contributed by atoms with van der Waals surface area (Å²) in [6, 6.07) is 0.194.